The molecular weight excluding hydrogens is 547 g/mol. The third kappa shape index (κ3) is 6.31. The Bertz CT molecular complexity index is 1320. The predicted molar refractivity (Wildman–Crippen MR) is 138 cm³/mol. The lowest BCUT2D eigenvalue weighted by molar-refractivity contribution is -0.132. The molecule has 1 aliphatic heterocycles. The van der Waals surface area contributed by atoms with Gasteiger partial charge in [-0.2, -0.15) is 4.31 Å². The molecule has 2 heterocycles. The minimum Gasteiger partial charge on any atom is -0.454 e. The third-order valence-electron chi connectivity index (χ3n) is 5.46. The highest BCUT2D eigenvalue weighted by atomic mass is 35.5. The number of amides is 1. The number of fused-ring (bicyclic) bond motifs is 1. The standard InChI is InChI=1S/C24H24Cl2N2O6S2/c1-32-9-8-28(36(30,31)23-12-18(25)5-6-20(23)26)15-24(29)27(14-19-3-2-10-35-19)13-17-4-7-21-22(11-17)34-16-33-21/h2-7,10-12H,8-9,13-16H2,1H3. The van der Waals surface area contributed by atoms with Gasteiger partial charge in [-0.05, 0) is 47.3 Å². The molecule has 36 heavy (non-hydrogen) atoms. The van der Waals surface area contributed by atoms with Gasteiger partial charge in [-0.15, -0.1) is 11.3 Å². The van der Waals surface area contributed by atoms with Crippen LogP contribution >= 0.6 is 34.5 Å². The Morgan fingerprint density at radius 3 is 2.64 bits per heavy atom. The van der Waals surface area contributed by atoms with Gasteiger partial charge in [0, 0.05) is 30.1 Å². The van der Waals surface area contributed by atoms with Gasteiger partial charge in [0.2, 0.25) is 22.7 Å². The molecule has 0 spiro atoms. The predicted octanol–water partition coefficient (Wildman–Crippen LogP) is 4.65. The molecule has 1 amide bonds. The van der Waals surface area contributed by atoms with Crippen molar-refractivity contribution in [1.29, 1.82) is 0 Å². The number of nitrogens with zero attached hydrogens (tertiary/aromatic N) is 2. The maximum Gasteiger partial charge on any atom is 0.245 e. The maximum absolute atomic E-state index is 13.6. The number of hydrogen-bond acceptors (Lipinski definition) is 7. The number of carbonyl (C=O) groups excluding carboxylic acids is 1. The third-order valence-corrected chi connectivity index (χ3v) is 8.88. The zero-order valence-electron chi connectivity index (χ0n) is 19.4. The van der Waals surface area contributed by atoms with Crippen LogP contribution < -0.4 is 9.47 Å². The van der Waals surface area contributed by atoms with Gasteiger partial charge >= 0.3 is 0 Å². The van der Waals surface area contributed by atoms with E-state index in [1.807, 2.05) is 29.6 Å². The molecule has 0 radical (unpaired) electrons. The Kier molecular flexibility index (Phi) is 8.76. The van der Waals surface area contributed by atoms with Gasteiger partial charge < -0.3 is 19.1 Å². The van der Waals surface area contributed by atoms with Crippen LogP contribution in [0.25, 0.3) is 0 Å². The number of sulfonamides is 1. The smallest absolute Gasteiger partial charge is 0.245 e. The van der Waals surface area contributed by atoms with Crippen molar-refractivity contribution in [3.05, 3.63) is 74.4 Å². The Morgan fingerprint density at radius 2 is 1.89 bits per heavy atom. The SMILES string of the molecule is COCCN(CC(=O)N(Cc1ccc2c(c1)OCO2)Cc1cccs1)S(=O)(=O)c1cc(Cl)ccc1Cl. The zero-order chi connectivity index (χ0) is 25.7. The quantitative estimate of drug-likeness (QED) is 0.333. The van der Waals surface area contributed by atoms with Crippen molar-refractivity contribution in [1.82, 2.24) is 9.21 Å². The summed E-state index contributed by atoms with van der Waals surface area (Å²) in [6.45, 7) is 0.381. The topological polar surface area (TPSA) is 85.4 Å². The molecule has 0 fully saturated rings. The van der Waals surface area contributed by atoms with Crippen molar-refractivity contribution in [2.24, 2.45) is 0 Å². The van der Waals surface area contributed by atoms with E-state index in [-0.39, 0.29) is 47.3 Å². The number of rotatable bonds is 11. The number of thiophene rings is 1. The maximum atomic E-state index is 13.6. The summed E-state index contributed by atoms with van der Waals surface area (Å²) in [6.07, 6.45) is 0. The van der Waals surface area contributed by atoms with E-state index >= 15 is 0 Å². The number of benzene rings is 2. The summed E-state index contributed by atoms with van der Waals surface area (Å²) in [5.41, 5.74) is 0.827. The van der Waals surface area contributed by atoms with Gasteiger partial charge in [-0.1, -0.05) is 35.3 Å². The van der Waals surface area contributed by atoms with Gasteiger partial charge in [0.1, 0.15) is 4.90 Å². The summed E-state index contributed by atoms with van der Waals surface area (Å²) in [4.78, 5) is 16.0. The zero-order valence-corrected chi connectivity index (χ0v) is 22.5. The summed E-state index contributed by atoms with van der Waals surface area (Å²) in [6, 6.07) is 13.5. The number of carbonyl (C=O) groups is 1. The molecule has 3 aromatic rings. The summed E-state index contributed by atoms with van der Waals surface area (Å²) >= 11 is 13.7. The first-order valence-corrected chi connectivity index (χ1v) is 14.0. The van der Waals surface area contributed by atoms with Crippen LogP contribution in [-0.2, 0) is 32.6 Å². The van der Waals surface area contributed by atoms with E-state index in [0.29, 0.717) is 18.0 Å². The van der Waals surface area contributed by atoms with E-state index < -0.39 is 16.6 Å². The van der Waals surface area contributed by atoms with Crippen molar-refractivity contribution in [3.8, 4) is 11.5 Å². The fourth-order valence-electron chi connectivity index (χ4n) is 3.62. The summed E-state index contributed by atoms with van der Waals surface area (Å²) in [5, 5.41) is 2.16. The minimum atomic E-state index is -4.14. The Hall–Kier alpha value is -2.34. The molecule has 0 N–H and O–H groups in total. The molecular formula is C24H24Cl2N2O6S2. The molecule has 0 atom stereocenters. The van der Waals surface area contributed by atoms with E-state index in [9.17, 15) is 13.2 Å². The van der Waals surface area contributed by atoms with Crippen molar-refractivity contribution >= 4 is 50.5 Å². The molecule has 1 aliphatic rings. The van der Waals surface area contributed by atoms with Crippen LogP contribution in [0.15, 0.2) is 58.8 Å². The second-order valence-corrected chi connectivity index (χ2v) is 11.7. The second-order valence-electron chi connectivity index (χ2n) is 7.92. The van der Waals surface area contributed by atoms with E-state index in [0.717, 1.165) is 14.7 Å². The van der Waals surface area contributed by atoms with Crippen molar-refractivity contribution < 1.29 is 27.4 Å². The molecule has 0 bridgehead atoms. The van der Waals surface area contributed by atoms with Crippen LogP contribution in [0.5, 0.6) is 11.5 Å². The van der Waals surface area contributed by atoms with Crippen molar-refractivity contribution in [2.45, 2.75) is 18.0 Å². The van der Waals surface area contributed by atoms with Crippen LogP contribution in [0.1, 0.15) is 10.4 Å². The number of ether oxygens (including phenoxy) is 3. The lowest BCUT2D eigenvalue weighted by Gasteiger charge is -2.27. The first-order chi connectivity index (χ1) is 17.3. The van der Waals surface area contributed by atoms with Gasteiger partial charge in [0.15, 0.2) is 11.5 Å². The highest BCUT2D eigenvalue weighted by molar-refractivity contribution is 7.89. The molecule has 0 saturated heterocycles. The number of halogens is 2. The van der Waals surface area contributed by atoms with Gasteiger partial charge in [-0.3, -0.25) is 4.79 Å². The summed E-state index contributed by atoms with van der Waals surface area (Å²) in [5.74, 6) is 0.875. The lowest BCUT2D eigenvalue weighted by Crippen LogP contribution is -2.43. The monoisotopic (exact) mass is 570 g/mol. The summed E-state index contributed by atoms with van der Waals surface area (Å²) in [7, 11) is -2.68. The average Bonchev–Trinajstić information content (AvgIpc) is 3.54. The average molecular weight is 572 g/mol. The molecule has 0 saturated carbocycles. The van der Waals surface area contributed by atoms with Crippen LogP contribution in [0.2, 0.25) is 10.0 Å². The van der Waals surface area contributed by atoms with Crippen molar-refractivity contribution in [2.75, 3.05) is 33.6 Å². The van der Waals surface area contributed by atoms with E-state index in [1.54, 1.807) is 11.0 Å². The molecule has 0 aliphatic carbocycles. The summed E-state index contributed by atoms with van der Waals surface area (Å²) < 4.78 is 44.0. The van der Waals surface area contributed by atoms with Crippen LogP contribution in [0, 0.1) is 0 Å². The molecule has 2 aromatic carbocycles. The first kappa shape index (κ1) is 26.7. The fraction of sp³-hybridized carbons (Fsp3) is 0.292. The Labute approximate surface area is 223 Å². The molecule has 12 heteroatoms. The van der Waals surface area contributed by atoms with Gasteiger partial charge in [-0.25, -0.2) is 8.42 Å². The molecule has 1 aromatic heterocycles. The van der Waals surface area contributed by atoms with Gasteiger partial charge in [0.25, 0.3) is 0 Å². The van der Waals surface area contributed by atoms with Crippen molar-refractivity contribution in [3.63, 3.8) is 0 Å². The Balaban J connectivity index is 1.60. The normalized spacial score (nSPS) is 12.8. The van der Waals surface area contributed by atoms with Crippen LogP contribution in [0.4, 0.5) is 0 Å². The number of hydrogen-bond donors (Lipinski definition) is 0. The Morgan fingerprint density at radius 1 is 1.08 bits per heavy atom. The molecule has 4 rings (SSSR count). The van der Waals surface area contributed by atoms with Gasteiger partial charge in [0.05, 0.1) is 24.7 Å². The number of methoxy groups -OCH3 is 1. The minimum absolute atomic E-state index is 0.0186. The van der Waals surface area contributed by atoms with E-state index in [4.69, 9.17) is 37.4 Å². The lowest BCUT2D eigenvalue weighted by atomic mass is 10.2. The highest BCUT2D eigenvalue weighted by Crippen LogP contribution is 2.33. The molecule has 192 valence electrons. The van der Waals surface area contributed by atoms with E-state index in [1.165, 1.54) is 36.6 Å². The molecule has 8 nitrogen and oxygen atoms in total. The highest BCUT2D eigenvalue weighted by Gasteiger charge is 2.30. The van der Waals surface area contributed by atoms with Crippen LogP contribution in [0.3, 0.4) is 0 Å². The largest absolute Gasteiger partial charge is 0.454 e. The van der Waals surface area contributed by atoms with Crippen LogP contribution in [-0.4, -0.2) is 57.1 Å². The molecule has 0 unspecified atom stereocenters. The van der Waals surface area contributed by atoms with E-state index in [2.05, 4.69) is 0 Å². The first-order valence-electron chi connectivity index (χ1n) is 10.9. The fourth-order valence-corrected chi connectivity index (χ4v) is 6.45. The second kappa shape index (κ2) is 11.8.